The van der Waals surface area contributed by atoms with Crippen molar-refractivity contribution in [1.82, 2.24) is 10.2 Å². The van der Waals surface area contributed by atoms with E-state index in [4.69, 9.17) is 4.74 Å². The molecule has 0 radical (unpaired) electrons. The maximum atomic E-state index is 11.7. The van der Waals surface area contributed by atoms with E-state index in [9.17, 15) is 4.79 Å². The molecule has 0 saturated carbocycles. The highest BCUT2D eigenvalue weighted by molar-refractivity contribution is 9.10. The van der Waals surface area contributed by atoms with E-state index in [2.05, 4.69) is 21.2 Å². The number of carbonyl (C=O) groups is 1. The maximum absolute atomic E-state index is 11.7. The molecule has 4 nitrogen and oxygen atoms in total. The molecule has 0 aliphatic heterocycles. The number of halogens is 1. The largest absolute Gasteiger partial charge is 0.492 e. The van der Waals surface area contributed by atoms with Gasteiger partial charge in [0.1, 0.15) is 12.4 Å². The van der Waals surface area contributed by atoms with Gasteiger partial charge in [0.25, 0.3) is 0 Å². The predicted octanol–water partition coefficient (Wildman–Crippen LogP) is 2.29. The monoisotopic (exact) mass is 328 g/mol. The minimum atomic E-state index is 0.162. The van der Waals surface area contributed by atoms with Crippen LogP contribution < -0.4 is 10.1 Å². The van der Waals surface area contributed by atoms with Crippen molar-refractivity contribution in [2.75, 3.05) is 33.8 Å². The number of nitrogens with one attached hydrogen (secondary N) is 1. The molecular formula is C14H21BrN2O2. The average Bonchev–Trinajstić information content (AvgIpc) is 2.41. The Kier molecular flexibility index (Phi) is 7.52. The highest BCUT2D eigenvalue weighted by Crippen LogP contribution is 2.15. The highest BCUT2D eigenvalue weighted by atomic mass is 79.9. The zero-order chi connectivity index (χ0) is 14.1. The van der Waals surface area contributed by atoms with Crippen molar-refractivity contribution in [3.05, 3.63) is 28.7 Å². The fourth-order valence-corrected chi connectivity index (χ4v) is 1.83. The van der Waals surface area contributed by atoms with E-state index >= 15 is 0 Å². The summed E-state index contributed by atoms with van der Waals surface area (Å²) in [5, 5.41) is 3.03. The number of benzene rings is 1. The van der Waals surface area contributed by atoms with Crippen LogP contribution in [0, 0.1) is 0 Å². The Bertz CT molecular complexity index is 382. The molecule has 1 aromatic carbocycles. The third-order valence-corrected chi connectivity index (χ3v) is 3.28. The van der Waals surface area contributed by atoms with Crippen LogP contribution >= 0.6 is 15.9 Å². The van der Waals surface area contributed by atoms with Gasteiger partial charge in [-0.25, -0.2) is 0 Å². The molecule has 0 heterocycles. The molecule has 0 aliphatic carbocycles. The minimum Gasteiger partial charge on any atom is -0.492 e. The quantitative estimate of drug-likeness (QED) is 0.744. The molecular weight excluding hydrogens is 308 g/mol. The summed E-state index contributed by atoms with van der Waals surface area (Å²) < 4.78 is 6.61. The number of likely N-dealkylation sites (N-methyl/N-ethyl adjacent to an activating group) is 1. The van der Waals surface area contributed by atoms with Crippen molar-refractivity contribution in [3.8, 4) is 5.75 Å². The number of amides is 1. The first kappa shape index (κ1) is 16.0. The summed E-state index contributed by atoms with van der Waals surface area (Å²) in [5.74, 6) is 0.980. The van der Waals surface area contributed by atoms with Gasteiger partial charge in [-0.15, -0.1) is 0 Å². The number of rotatable bonds is 8. The van der Waals surface area contributed by atoms with E-state index in [1.807, 2.05) is 38.4 Å². The van der Waals surface area contributed by atoms with Gasteiger partial charge >= 0.3 is 0 Å². The maximum Gasteiger partial charge on any atom is 0.222 e. The molecule has 0 fully saturated rings. The normalized spacial score (nSPS) is 10.3. The van der Waals surface area contributed by atoms with Crippen LogP contribution in [-0.2, 0) is 4.79 Å². The van der Waals surface area contributed by atoms with Crippen molar-refractivity contribution < 1.29 is 9.53 Å². The first-order chi connectivity index (χ1) is 9.13. The molecule has 0 unspecified atom stereocenters. The molecule has 1 N–H and O–H groups in total. The van der Waals surface area contributed by atoms with Crippen molar-refractivity contribution in [2.45, 2.75) is 12.8 Å². The van der Waals surface area contributed by atoms with Gasteiger partial charge in [-0.05, 0) is 44.3 Å². The van der Waals surface area contributed by atoms with Crippen LogP contribution in [0.3, 0.4) is 0 Å². The molecule has 0 aliphatic rings. The first-order valence-electron chi connectivity index (χ1n) is 6.40. The standard InChI is InChI=1S/C14H21BrN2O2/c1-16-9-3-4-14(18)17(2)10-11-19-13-7-5-12(15)6-8-13/h5-8,16H,3-4,9-11H2,1-2H3. The molecule has 0 aromatic heterocycles. The smallest absolute Gasteiger partial charge is 0.222 e. The summed E-state index contributed by atoms with van der Waals surface area (Å²) in [4.78, 5) is 13.5. The summed E-state index contributed by atoms with van der Waals surface area (Å²) in [6.45, 7) is 1.99. The second-order valence-corrected chi connectivity index (χ2v) is 5.24. The average molecular weight is 329 g/mol. The Balaban J connectivity index is 2.20. The summed E-state index contributed by atoms with van der Waals surface area (Å²) in [6, 6.07) is 7.67. The van der Waals surface area contributed by atoms with Gasteiger partial charge in [0.2, 0.25) is 5.91 Å². The van der Waals surface area contributed by atoms with E-state index in [1.54, 1.807) is 4.90 Å². The van der Waals surface area contributed by atoms with Crippen LogP contribution in [0.2, 0.25) is 0 Å². The predicted molar refractivity (Wildman–Crippen MR) is 80.4 cm³/mol. The lowest BCUT2D eigenvalue weighted by Gasteiger charge is -2.17. The summed E-state index contributed by atoms with van der Waals surface area (Å²) in [5.41, 5.74) is 0. The van der Waals surface area contributed by atoms with Crippen molar-refractivity contribution in [3.63, 3.8) is 0 Å². The molecule has 0 spiro atoms. The minimum absolute atomic E-state index is 0.162. The molecule has 1 rings (SSSR count). The third kappa shape index (κ3) is 6.59. The third-order valence-electron chi connectivity index (χ3n) is 2.75. The zero-order valence-corrected chi connectivity index (χ0v) is 13.1. The van der Waals surface area contributed by atoms with E-state index < -0.39 is 0 Å². The Morgan fingerprint density at radius 2 is 2.05 bits per heavy atom. The van der Waals surface area contributed by atoms with E-state index in [1.165, 1.54) is 0 Å². The van der Waals surface area contributed by atoms with Crippen LogP contribution in [0.15, 0.2) is 28.7 Å². The second kappa shape index (κ2) is 8.93. The van der Waals surface area contributed by atoms with Gasteiger partial charge in [0.05, 0.1) is 6.54 Å². The van der Waals surface area contributed by atoms with E-state index in [0.29, 0.717) is 19.6 Å². The molecule has 0 atom stereocenters. The lowest BCUT2D eigenvalue weighted by Crippen LogP contribution is -2.31. The van der Waals surface area contributed by atoms with Crippen molar-refractivity contribution >= 4 is 21.8 Å². The molecule has 1 aromatic rings. The molecule has 0 saturated heterocycles. The van der Waals surface area contributed by atoms with E-state index in [-0.39, 0.29) is 5.91 Å². The topological polar surface area (TPSA) is 41.6 Å². The SMILES string of the molecule is CNCCCC(=O)N(C)CCOc1ccc(Br)cc1. The molecule has 5 heteroatoms. The van der Waals surface area contributed by atoms with Gasteiger partial charge in [-0.1, -0.05) is 15.9 Å². The summed E-state index contributed by atoms with van der Waals surface area (Å²) >= 11 is 3.37. The van der Waals surface area contributed by atoms with Crippen LogP contribution in [0.25, 0.3) is 0 Å². The molecule has 1 amide bonds. The van der Waals surface area contributed by atoms with Gasteiger partial charge in [0.15, 0.2) is 0 Å². The summed E-state index contributed by atoms with van der Waals surface area (Å²) in [6.07, 6.45) is 1.45. The number of hydrogen-bond donors (Lipinski definition) is 1. The highest BCUT2D eigenvalue weighted by Gasteiger charge is 2.07. The van der Waals surface area contributed by atoms with Crippen LogP contribution in [-0.4, -0.2) is 44.6 Å². The molecule has 0 bridgehead atoms. The lowest BCUT2D eigenvalue weighted by atomic mass is 10.3. The fraction of sp³-hybridized carbons (Fsp3) is 0.500. The number of ether oxygens (including phenoxy) is 1. The molecule has 106 valence electrons. The van der Waals surface area contributed by atoms with Gasteiger partial charge in [-0.3, -0.25) is 4.79 Å². The van der Waals surface area contributed by atoms with Crippen LogP contribution in [0.5, 0.6) is 5.75 Å². The molecule has 19 heavy (non-hydrogen) atoms. The Labute approximate surface area is 123 Å². The number of nitrogens with zero attached hydrogens (tertiary/aromatic N) is 1. The number of hydrogen-bond acceptors (Lipinski definition) is 3. The van der Waals surface area contributed by atoms with E-state index in [0.717, 1.165) is 23.2 Å². The second-order valence-electron chi connectivity index (χ2n) is 4.32. The van der Waals surface area contributed by atoms with Crippen molar-refractivity contribution in [2.24, 2.45) is 0 Å². The first-order valence-corrected chi connectivity index (χ1v) is 7.19. The lowest BCUT2D eigenvalue weighted by molar-refractivity contribution is -0.130. The fourth-order valence-electron chi connectivity index (χ4n) is 1.56. The van der Waals surface area contributed by atoms with Crippen molar-refractivity contribution in [1.29, 1.82) is 0 Å². The Morgan fingerprint density at radius 1 is 1.37 bits per heavy atom. The Morgan fingerprint density at radius 3 is 2.68 bits per heavy atom. The van der Waals surface area contributed by atoms with Gasteiger partial charge in [-0.2, -0.15) is 0 Å². The van der Waals surface area contributed by atoms with Gasteiger partial charge < -0.3 is 15.0 Å². The van der Waals surface area contributed by atoms with Crippen LogP contribution in [0.4, 0.5) is 0 Å². The number of carbonyl (C=O) groups excluding carboxylic acids is 1. The van der Waals surface area contributed by atoms with Crippen LogP contribution in [0.1, 0.15) is 12.8 Å². The zero-order valence-electron chi connectivity index (χ0n) is 11.5. The Hall–Kier alpha value is -1.07. The summed E-state index contributed by atoms with van der Waals surface area (Å²) in [7, 11) is 3.70. The van der Waals surface area contributed by atoms with Gasteiger partial charge in [0, 0.05) is 17.9 Å².